The van der Waals surface area contributed by atoms with Gasteiger partial charge >= 0.3 is 0 Å². The molecule has 39 valence electrons. The zero-order chi connectivity index (χ0) is 5.28. The highest BCUT2D eigenvalue weighted by Crippen LogP contribution is 2.05. The molecular formula is C4H6BrN2. The summed E-state index contributed by atoms with van der Waals surface area (Å²) in [6, 6.07) is 0. The van der Waals surface area contributed by atoms with Crippen LogP contribution < -0.4 is 0 Å². The first-order valence-corrected chi connectivity index (χ1v) is 2.86. The Hall–Kier alpha value is -0.0500. The largest absolute Gasteiger partial charge is 0.347 e. The van der Waals surface area contributed by atoms with Crippen molar-refractivity contribution in [2.45, 2.75) is 0 Å². The molecule has 0 aromatic rings. The van der Waals surface area contributed by atoms with E-state index >= 15 is 0 Å². The van der Waals surface area contributed by atoms with Crippen LogP contribution in [0.15, 0.2) is 4.99 Å². The smallest absolute Gasteiger partial charge is 0.168 e. The molecule has 1 heterocycles. The van der Waals surface area contributed by atoms with Crippen molar-refractivity contribution < 1.29 is 0 Å². The maximum Gasteiger partial charge on any atom is 0.168 e. The first kappa shape index (κ1) is 5.09. The minimum Gasteiger partial charge on any atom is -0.347 e. The summed E-state index contributed by atoms with van der Waals surface area (Å²) in [7, 11) is 1.96. The second-order valence-corrected chi connectivity index (χ2v) is 2.11. The van der Waals surface area contributed by atoms with Gasteiger partial charge in [0.25, 0.3) is 0 Å². The van der Waals surface area contributed by atoms with E-state index in [1.54, 1.807) is 0 Å². The van der Waals surface area contributed by atoms with Crippen LogP contribution in [0.1, 0.15) is 0 Å². The van der Waals surface area contributed by atoms with E-state index < -0.39 is 0 Å². The molecule has 0 unspecified atom stereocenters. The van der Waals surface area contributed by atoms with Crippen LogP contribution in [0.25, 0.3) is 0 Å². The van der Waals surface area contributed by atoms with Crippen LogP contribution in [0.3, 0.4) is 0 Å². The molecule has 3 heteroatoms. The lowest BCUT2D eigenvalue weighted by molar-refractivity contribution is 0.652. The first-order valence-electron chi connectivity index (χ1n) is 2.07. The van der Waals surface area contributed by atoms with Gasteiger partial charge < -0.3 is 4.90 Å². The SMILES string of the molecule is CN1[CH]CN=C1Br. The van der Waals surface area contributed by atoms with Gasteiger partial charge in [0, 0.05) is 7.05 Å². The fraction of sp³-hybridized carbons (Fsp3) is 0.500. The summed E-state index contributed by atoms with van der Waals surface area (Å²) < 4.78 is 0.924. The Kier molecular flexibility index (Phi) is 1.32. The molecule has 0 aliphatic carbocycles. The van der Waals surface area contributed by atoms with Gasteiger partial charge in [-0.05, 0) is 15.9 Å². The summed E-state index contributed by atoms with van der Waals surface area (Å²) >= 11 is 3.25. The van der Waals surface area contributed by atoms with Crippen LogP contribution in [-0.4, -0.2) is 23.2 Å². The zero-order valence-electron chi connectivity index (χ0n) is 4.06. The van der Waals surface area contributed by atoms with Crippen molar-refractivity contribution in [1.82, 2.24) is 4.90 Å². The molecule has 0 atom stereocenters. The van der Waals surface area contributed by atoms with Gasteiger partial charge in [-0.15, -0.1) is 0 Å². The number of hydrogen-bond donors (Lipinski definition) is 0. The Balaban J connectivity index is 2.54. The van der Waals surface area contributed by atoms with Gasteiger partial charge in [-0.1, -0.05) is 0 Å². The number of hydrogen-bond acceptors (Lipinski definition) is 2. The molecule has 0 aromatic heterocycles. The van der Waals surface area contributed by atoms with E-state index in [4.69, 9.17) is 0 Å². The van der Waals surface area contributed by atoms with E-state index in [0.29, 0.717) is 0 Å². The Morgan fingerprint density at radius 2 is 2.71 bits per heavy atom. The highest BCUT2D eigenvalue weighted by Gasteiger charge is 2.06. The van der Waals surface area contributed by atoms with Crippen molar-refractivity contribution in [3.05, 3.63) is 6.54 Å². The Bertz CT molecular complexity index is 99.9. The number of aliphatic imine (C=N–C) groups is 1. The summed E-state index contributed by atoms with van der Waals surface area (Å²) in [6.07, 6.45) is 0. The standard InChI is InChI=1S/C4H6BrN2/c1-7-3-2-6-4(7)5/h3H,2H2,1H3. The van der Waals surface area contributed by atoms with Gasteiger partial charge in [0.15, 0.2) is 4.74 Å². The molecule has 0 saturated carbocycles. The molecule has 0 spiro atoms. The molecule has 1 aliphatic rings. The predicted octanol–water partition coefficient (Wildman–Crippen LogP) is 0.844. The minimum absolute atomic E-state index is 0.817. The lowest BCUT2D eigenvalue weighted by atomic mass is 10.6. The first-order chi connectivity index (χ1) is 3.30. The van der Waals surface area contributed by atoms with Crippen LogP contribution in [-0.2, 0) is 0 Å². The van der Waals surface area contributed by atoms with Gasteiger partial charge in [0.1, 0.15) is 0 Å². The number of likely N-dealkylation sites (N-methyl/N-ethyl adjacent to an activating group) is 1. The molecular weight excluding hydrogens is 156 g/mol. The molecule has 7 heavy (non-hydrogen) atoms. The summed E-state index contributed by atoms with van der Waals surface area (Å²) in [5, 5.41) is 0. The monoisotopic (exact) mass is 161 g/mol. The van der Waals surface area contributed by atoms with Crippen LogP contribution in [0.4, 0.5) is 0 Å². The molecule has 1 rings (SSSR count). The maximum atomic E-state index is 4.02. The maximum absolute atomic E-state index is 4.02. The van der Waals surface area contributed by atoms with Crippen molar-refractivity contribution in [2.24, 2.45) is 4.99 Å². The third-order valence-corrected chi connectivity index (χ3v) is 1.68. The topological polar surface area (TPSA) is 15.6 Å². The molecule has 0 saturated heterocycles. The molecule has 0 bridgehead atoms. The molecule has 2 nitrogen and oxygen atoms in total. The Morgan fingerprint density at radius 1 is 2.00 bits per heavy atom. The van der Waals surface area contributed by atoms with Gasteiger partial charge in [-0.25, -0.2) is 0 Å². The number of nitrogens with zero attached hydrogens (tertiary/aromatic N) is 2. The number of rotatable bonds is 0. The molecule has 0 aromatic carbocycles. The molecule has 1 aliphatic heterocycles. The Labute approximate surface area is 51.4 Å². The van der Waals surface area contributed by atoms with E-state index in [2.05, 4.69) is 20.9 Å². The fourth-order valence-electron chi connectivity index (χ4n) is 0.425. The van der Waals surface area contributed by atoms with E-state index in [-0.39, 0.29) is 0 Å². The Morgan fingerprint density at radius 3 is 2.86 bits per heavy atom. The van der Waals surface area contributed by atoms with Crippen molar-refractivity contribution in [3.63, 3.8) is 0 Å². The quantitative estimate of drug-likeness (QED) is 0.482. The average Bonchev–Trinajstić information content (AvgIpc) is 1.91. The molecule has 0 N–H and O–H groups in total. The molecule has 0 amide bonds. The third kappa shape index (κ3) is 0.938. The average molecular weight is 162 g/mol. The lowest BCUT2D eigenvalue weighted by Crippen LogP contribution is -2.12. The predicted molar refractivity (Wildman–Crippen MR) is 33.3 cm³/mol. The summed E-state index contributed by atoms with van der Waals surface area (Å²) in [5.41, 5.74) is 0. The molecule has 1 radical (unpaired) electrons. The van der Waals surface area contributed by atoms with Crippen LogP contribution in [0.5, 0.6) is 0 Å². The van der Waals surface area contributed by atoms with E-state index in [0.717, 1.165) is 11.3 Å². The van der Waals surface area contributed by atoms with E-state index in [1.807, 2.05) is 18.5 Å². The van der Waals surface area contributed by atoms with E-state index in [1.165, 1.54) is 0 Å². The van der Waals surface area contributed by atoms with Crippen LogP contribution in [0.2, 0.25) is 0 Å². The van der Waals surface area contributed by atoms with Crippen LogP contribution >= 0.6 is 15.9 Å². The highest BCUT2D eigenvalue weighted by atomic mass is 79.9. The van der Waals surface area contributed by atoms with Gasteiger partial charge in [-0.2, -0.15) is 0 Å². The van der Waals surface area contributed by atoms with E-state index in [9.17, 15) is 0 Å². The van der Waals surface area contributed by atoms with Gasteiger partial charge in [0.2, 0.25) is 0 Å². The summed E-state index contributed by atoms with van der Waals surface area (Å²) in [5.74, 6) is 0. The van der Waals surface area contributed by atoms with Crippen molar-refractivity contribution >= 4 is 20.7 Å². The van der Waals surface area contributed by atoms with Crippen molar-refractivity contribution in [1.29, 1.82) is 0 Å². The zero-order valence-corrected chi connectivity index (χ0v) is 5.64. The number of amidine groups is 1. The third-order valence-electron chi connectivity index (χ3n) is 0.868. The highest BCUT2D eigenvalue weighted by molar-refractivity contribution is 9.18. The number of halogens is 1. The van der Waals surface area contributed by atoms with Crippen molar-refractivity contribution in [3.8, 4) is 0 Å². The van der Waals surface area contributed by atoms with Crippen molar-refractivity contribution in [2.75, 3.05) is 13.6 Å². The second kappa shape index (κ2) is 1.82. The minimum atomic E-state index is 0.817. The van der Waals surface area contributed by atoms with Crippen LogP contribution in [0, 0.1) is 6.54 Å². The van der Waals surface area contributed by atoms with Gasteiger partial charge in [-0.3, -0.25) is 4.99 Å². The summed E-state index contributed by atoms with van der Waals surface area (Å²) in [4.78, 5) is 5.97. The van der Waals surface area contributed by atoms with Gasteiger partial charge in [0.05, 0.1) is 13.1 Å². The second-order valence-electron chi connectivity index (χ2n) is 1.40. The lowest BCUT2D eigenvalue weighted by Gasteiger charge is -2.04. The normalized spacial score (nSPS) is 20.3. The fourth-order valence-corrected chi connectivity index (χ4v) is 0.715. The molecule has 0 fully saturated rings. The summed E-state index contributed by atoms with van der Waals surface area (Å²) in [6.45, 7) is 2.82.